The highest BCUT2D eigenvalue weighted by Gasteiger charge is 2.32. The highest BCUT2D eigenvalue weighted by atomic mass is 32.2. The van der Waals surface area contributed by atoms with E-state index < -0.39 is 6.29 Å². The van der Waals surface area contributed by atoms with Gasteiger partial charge in [0.05, 0.1) is 30.2 Å². The lowest BCUT2D eigenvalue weighted by Crippen LogP contribution is -2.31. The number of hydrogen-bond acceptors (Lipinski definition) is 7. The first-order valence-corrected chi connectivity index (χ1v) is 16.7. The van der Waals surface area contributed by atoms with Crippen molar-refractivity contribution in [3.63, 3.8) is 0 Å². The van der Waals surface area contributed by atoms with Gasteiger partial charge >= 0.3 is 0 Å². The van der Waals surface area contributed by atoms with Gasteiger partial charge in [-0.2, -0.15) is 0 Å². The Balaban J connectivity index is 1.10. The molecule has 1 fully saturated rings. The first-order chi connectivity index (χ1) is 22.5. The number of benzene rings is 4. The summed E-state index contributed by atoms with van der Waals surface area (Å²) in [7, 11) is 0. The van der Waals surface area contributed by atoms with Crippen molar-refractivity contribution in [2.45, 2.75) is 68.5 Å². The van der Waals surface area contributed by atoms with E-state index in [1.54, 1.807) is 23.9 Å². The lowest BCUT2D eigenvalue weighted by atomic mass is 10.0. The lowest BCUT2D eigenvalue weighted by molar-refractivity contribution is -0.245. The number of carbonyl (C=O) groups is 2. The predicted octanol–water partition coefficient (Wildman–Crippen LogP) is 7.63. The van der Waals surface area contributed by atoms with E-state index in [-0.39, 0.29) is 30.6 Å². The molecule has 4 aromatic rings. The Morgan fingerprint density at radius 3 is 2.11 bits per heavy atom. The zero-order valence-electron chi connectivity index (χ0n) is 25.8. The molecule has 5 N–H and O–H groups in total. The van der Waals surface area contributed by atoms with Crippen LogP contribution in [0.4, 0.5) is 17.1 Å². The van der Waals surface area contributed by atoms with Gasteiger partial charge in [-0.15, -0.1) is 11.8 Å². The smallest absolute Gasteiger partial charge is 0.224 e. The zero-order chi connectivity index (χ0) is 32.1. The number of amides is 2. The summed E-state index contributed by atoms with van der Waals surface area (Å²) in [6, 6.07) is 32.9. The van der Waals surface area contributed by atoms with Gasteiger partial charge in [0.2, 0.25) is 11.8 Å². The van der Waals surface area contributed by atoms with Crippen molar-refractivity contribution in [2.24, 2.45) is 0 Å². The van der Waals surface area contributed by atoms with Gasteiger partial charge in [0.25, 0.3) is 0 Å². The molecule has 1 saturated heterocycles. The number of aliphatic hydroxyl groups excluding tert-OH is 1. The van der Waals surface area contributed by atoms with Gasteiger partial charge in [0.1, 0.15) is 0 Å². The second-order valence-electron chi connectivity index (χ2n) is 11.3. The molecule has 1 aliphatic heterocycles. The van der Waals surface area contributed by atoms with E-state index in [1.807, 2.05) is 78.9 Å². The largest absolute Gasteiger partial charge is 0.397 e. The highest BCUT2D eigenvalue weighted by Crippen LogP contribution is 2.39. The highest BCUT2D eigenvalue weighted by molar-refractivity contribution is 7.99. The van der Waals surface area contributed by atoms with Crippen LogP contribution in [0.1, 0.15) is 67.6 Å². The number of rotatable bonds is 14. The SMILES string of the molecule is Nc1ccccc1NC(=O)CCCCCC(=O)Nc1ccc([C@@H]2O[C@H](CSc3ccccc3)C[C@H](c3ccc(CO)cc3)O2)cc1. The van der Waals surface area contributed by atoms with E-state index >= 15 is 0 Å². The van der Waals surface area contributed by atoms with Gasteiger partial charge in [0.15, 0.2) is 6.29 Å². The van der Waals surface area contributed by atoms with Gasteiger partial charge < -0.3 is 30.9 Å². The molecule has 1 heterocycles. The summed E-state index contributed by atoms with van der Waals surface area (Å²) in [6.45, 7) is 0.000934. The molecular weight excluding hydrogens is 598 g/mol. The van der Waals surface area contributed by atoms with Crippen LogP contribution in [-0.2, 0) is 25.7 Å². The number of thioether (sulfide) groups is 1. The van der Waals surface area contributed by atoms with E-state index in [4.69, 9.17) is 15.2 Å². The number of nitrogens with one attached hydrogen (secondary N) is 2. The average Bonchev–Trinajstić information content (AvgIpc) is 3.09. The molecule has 8 nitrogen and oxygen atoms in total. The minimum atomic E-state index is -0.557. The molecule has 1 aliphatic rings. The Bertz CT molecular complexity index is 1550. The van der Waals surface area contributed by atoms with Crippen molar-refractivity contribution in [1.29, 1.82) is 0 Å². The fourth-order valence-electron chi connectivity index (χ4n) is 5.25. The second kappa shape index (κ2) is 17.0. The molecule has 0 aromatic heterocycles. The number of nitrogens with two attached hydrogens (primary N) is 1. The number of aliphatic hydroxyl groups is 1. The summed E-state index contributed by atoms with van der Waals surface area (Å²) >= 11 is 1.76. The van der Waals surface area contributed by atoms with Crippen molar-refractivity contribution in [2.75, 3.05) is 22.1 Å². The zero-order valence-corrected chi connectivity index (χ0v) is 26.6. The maximum absolute atomic E-state index is 12.6. The Morgan fingerprint density at radius 2 is 1.41 bits per heavy atom. The molecule has 0 saturated carbocycles. The summed E-state index contributed by atoms with van der Waals surface area (Å²) in [5.41, 5.74) is 10.5. The van der Waals surface area contributed by atoms with Crippen molar-refractivity contribution in [1.82, 2.24) is 0 Å². The monoisotopic (exact) mass is 639 g/mol. The number of carbonyl (C=O) groups excluding carboxylic acids is 2. The van der Waals surface area contributed by atoms with Crippen LogP contribution < -0.4 is 16.4 Å². The van der Waals surface area contributed by atoms with Crippen LogP contribution in [-0.4, -0.2) is 28.8 Å². The van der Waals surface area contributed by atoms with E-state index in [2.05, 4.69) is 22.8 Å². The fraction of sp³-hybridized carbons (Fsp3) is 0.297. The van der Waals surface area contributed by atoms with E-state index in [9.17, 15) is 14.7 Å². The van der Waals surface area contributed by atoms with Crippen LogP contribution in [0.15, 0.2) is 108 Å². The predicted molar refractivity (Wildman–Crippen MR) is 183 cm³/mol. The second-order valence-corrected chi connectivity index (χ2v) is 12.4. The standard InChI is InChI=1S/C37H41N3O5S/c38-32-11-7-8-12-33(32)40-36(43)14-6-2-5-13-35(42)39-29-21-19-28(20-22-29)37-44-30(25-46-31-9-3-1-4-10-31)23-34(45-37)27-17-15-26(24-41)16-18-27/h1,3-4,7-12,15-22,30,34,37,41H,2,5-6,13-14,23-25,38H2,(H,39,42)(H,40,43)/t30-,34+,37+/m0/s1. The summed E-state index contributed by atoms with van der Waals surface area (Å²) in [5.74, 6) is 0.639. The molecule has 240 valence electrons. The Labute approximate surface area is 274 Å². The minimum Gasteiger partial charge on any atom is -0.397 e. The Hall–Kier alpha value is -4.15. The quantitative estimate of drug-likeness (QED) is 0.0636. The van der Waals surface area contributed by atoms with Crippen molar-refractivity contribution in [3.8, 4) is 0 Å². The third-order valence-electron chi connectivity index (χ3n) is 7.80. The van der Waals surface area contributed by atoms with Gasteiger partial charge in [-0.25, -0.2) is 0 Å². The number of unbranched alkanes of at least 4 members (excludes halogenated alkanes) is 2. The summed E-state index contributed by atoms with van der Waals surface area (Å²) in [6.07, 6.45) is 2.88. The first kappa shape index (κ1) is 33.2. The van der Waals surface area contributed by atoms with Crippen molar-refractivity contribution < 1.29 is 24.2 Å². The van der Waals surface area contributed by atoms with Gasteiger partial charge in [0, 0.05) is 41.2 Å². The average molecular weight is 640 g/mol. The molecule has 5 rings (SSSR count). The van der Waals surface area contributed by atoms with Crippen molar-refractivity contribution in [3.05, 3.63) is 120 Å². The van der Waals surface area contributed by atoms with Crippen LogP contribution in [0.25, 0.3) is 0 Å². The Kier molecular flexibility index (Phi) is 12.2. The molecule has 2 amide bonds. The van der Waals surface area contributed by atoms with Gasteiger partial charge in [-0.3, -0.25) is 9.59 Å². The minimum absolute atomic E-state index is 0.000934. The number of nitrogen functional groups attached to an aromatic ring is 1. The van der Waals surface area contributed by atoms with E-state index in [1.165, 1.54) is 4.90 Å². The molecule has 0 unspecified atom stereocenters. The van der Waals surface area contributed by atoms with Crippen molar-refractivity contribution >= 4 is 40.6 Å². The van der Waals surface area contributed by atoms with E-state index in [0.717, 1.165) is 35.3 Å². The molecule has 0 bridgehead atoms. The molecule has 0 spiro atoms. The van der Waals surface area contributed by atoms with Crippen LogP contribution in [0.2, 0.25) is 0 Å². The molecular formula is C37H41N3O5S. The first-order valence-electron chi connectivity index (χ1n) is 15.7. The molecule has 0 radical (unpaired) electrons. The number of para-hydroxylation sites is 2. The normalized spacial score (nSPS) is 17.7. The van der Waals surface area contributed by atoms with Crippen LogP contribution in [0.5, 0.6) is 0 Å². The molecule has 4 aromatic carbocycles. The maximum atomic E-state index is 12.6. The molecule has 3 atom stereocenters. The summed E-state index contributed by atoms with van der Waals surface area (Å²) in [5, 5.41) is 15.3. The number of ether oxygens (including phenoxy) is 2. The van der Waals surface area contributed by atoms with Crippen LogP contribution in [0, 0.1) is 0 Å². The molecule has 9 heteroatoms. The van der Waals surface area contributed by atoms with Gasteiger partial charge in [-0.1, -0.05) is 73.2 Å². The topological polar surface area (TPSA) is 123 Å². The third kappa shape index (κ3) is 9.92. The molecule has 46 heavy (non-hydrogen) atoms. The van der Waals surface area contributed by atoms with Crippen LogP contribution in [0.3, 0.4) is 0 Å². The summed E-state index contributed by atoms with van der Waals surface area (Å²) < 4.78 is 12.9. The van der Waals surface area contributed by atoms with Crippen LogP contribution >= 0.6 is 11.8 Å². The number of hydrogen-bond donors (Lipinski definition) is 4. The summed E-state index contributed by atoms with van der Waals surface area (Å²) in [4.78, 5) is 26.0. The van der Waals surface area contributed by atoms with Gasteiger partial charge in [-0.05, 0) is 60.4 Å². The fourth-order valence-corrected chi connectivity index (χ4v) is 6.19. The maximum Gasteiger partial charge on any atom is 0.224 e. The molecule has 0 aliphatic carbocycles. The lowest BCUT2D eigenvalue weighted by Gasteiger charge is -2.36. The number of anilines is 3. The van der Waals surface area contributed by atoms with E-state index in [0.29, 0.717) is 42.7 Å². The Morgan fingerprint density at radius 1 is 0.761 bits per heavy atom. The third-order valence-corrected chi connectivity index (χ3v) is 8.95.